The van der Waals surface area contributed by atoms with E-state index >= 15 is 0 Å². The zero-order valence-electron chi connectivity index (χ0n) is 15.0. The summed E-state index contributed by atoms with van der Waals surface area (Å²) in [6.07, 6.45) is 1.71. The molecule has 0 aliphatic heterocycles. The first-order chi connectivity index (χ1) is 13.2. The van der Waals surface area contributed by atoms with Crippen molar-refractivity contribution in [1.29, 1.82) is 0 Å². The number of halogens is 1. The molecular weight excluding hydrogens is 358 g/mol. The summed E-state index contributed by atoms with van der Waals surface area (Å²) in [5.74, 6) is 0.922. The van der Waals surface area contributed by atoms with Gasteiger partial charge in [0.25, 0.3) is 0 Å². The van der Waals surface area contributed by atoms with Gasteiger partial charge in [0.15, 0.2) is 11.8 Å². The third-order valence-corrected chi connectivity index (χ3v) is 5.08. The highest BCUT2D eigenvalue weighted by atomic mass is 35.5. The van der Waals surface area contributed by atoms with Gasteiger partial charge in [0, 0.05) is 5.56 Å². The summed E-state index contributed by atoms with van der Waals surface area (Å²) in [7, 11) is 0. The van der Waals surface area contributed by atoms with E-state index in [0.717, 1.165) is 22.7 Å². The Morgan fingerprint density at radius 3 is 2.37 bits per heavy atom. The molecule has 0 aliphatic rings. The summed E-state index contributed by atoms with van der Waals surface area (Å²) in [5.41, 5.74) is 4.12. The number of aryl methyl sites for hydroxylation is 1. The van der Waals surface area contributed by atoms with Crippen molar-refractivity contribution in [3.63, 3.8) is 0 Å². The molecule has 4 aromatic rings. The minimum absolute atomic E-state index is 0.0664. The molecule has 0 saturated heterocycles. The molecule has 1 atom stereocenters. The van der Waals surface area contributed by atoms with Crippen LogP contribution in [0.2, 0.25) is 5.15 Å². The van der Waals surface area contributed by atoms with Crippen molar-refractivity contribution < 1.29 is 9.73 Å². The van der Waals surface area contributed by atoms with E-state index in [1.54, 1.807) is 10.9 Å². The predicted molar refractivity (Wildman–Crippen MR) is 106 cm³/mol. The van der Waals surface area contributed by atoms with Crippen LogP contribution in [0.15, 0.2) is 83.5 Å². The molecule has 0 radical (unpaired) electrons. The van der Waals surface area contributed by atoms with Crippen LogP contribution in [0.4, 0.5) is 0 Å². The predicted octanol–water partition coefficient (Wildman–Crippen LogP) is 4.28. The molecule has 136 valence electrons. The minimum atomic E-state index is 0.0664. The molecule has 2 N–H and O–H groups in total. The van der Waals surface area contributed by atoms with Gasteiger partial charge in [-0.1, -0.05) is 60.1 Å². The van der Waals surface area contributed by atoms with E-state index in [2.05, 4.69) is 22.5 Å². The number of aromatic nitrogens is 2. The summed E-state index contributed by atoms with van der Waals surface area (Å²) in [6.45, 7) is 2.71. The maximum absolute atomic E-state index is 6.68. The monoisotopic (exact) mass is 378 g/mol. The number of hydrogen-bond acceptors (Lipinski definition) is 2. The van der Waals surface area contributed by atoms with Crippen LogP contribution in [-0.2, 0) is 6.54 Å². The average Bonchev–Trinajstić information content (AvgIpc) is 3.33. The van der Waals surface area contributed by atoms with E-state index in [1.807, 2.05) is 67.6 Å². The van der Waals surface area contributed by atoms with Crippen LogP contribution in [0.5, 0.6) is 0 Å². The lowest BCUT2D eigenvalue weighted by Crippen LogP contribution is -2.84. The number of para-hydroxylation sites is 1. The van der Waals surface area contributed by atoms with Crippen LogP contribution in [0.1, 0.15) is 28.6 Å². The van der Waals surface area contributed by atoms with Crippen LogP contribution in [-0.4, -0.2) is 9.78 Å². The normalized spacial score (nSPS) is 12.2. The molecule has 0 unspecified atom stereocenters. The lowest BCUT2D eigenvalue weighted by molar-refractivity contribution is -0.704. The molecule has 2 aromatic carbocycles. The van der Waals surface area contributed by atoms with Gasteiger partial charge in [-0.15, -0.1) is 0 Å². The molecule has 2 heterocycles. The zero-order valence-corrected chi connectivity index (χ0v) is 15.8. The van der Waals surface area contributed by atoms with Crippen LogP contribution in [0.3, 0.4) is 0 Å². The van der Waals surface area contributed by atoms with Gasteiger partial charge in [-0.05, 0) is 31.2 Å². The van der Waals surface area contributed by atoms with Gasteiger partial charge >= 0.3 is 0 Å². The van der Waals surface area contributed by atoms with Gasteiger partial charge in [-0.2, -0.15) is 5.10 Å². The topological polar surface area (TPSA) is 47.6 Å². The number of nitrogens with zero attached hydrogens (tertiary/aromatic N) is 2. The Hall–Kier alpha value is -2.82. The molecule has 27 heavy (non-hydrogen) atoms. The zero-order chi connectivity index (χ0) is 18.6. The lowest BCUT2D eigenvalue weighted by atomic mass is 10.0. The van der Waals surface area contributed by atoms with Crippen molar-refractivity contribution in [2.45, 2.75) is 19.5 Å². The van der Waals surface area contributed by atoms with Crippen molar-refractivity contribution >= 4 is 11.6 Å². The van der Waals surface area contributed by atoms with Gasteiger partial charge in [-0.25, -0.2) is 4.68 Å². The molecule has 0 fully saturated rings. The smallest absolute Gasteiger partial charge is 0.170 e. The molecular formula is C22H21ClN3O+. The minimum Gasteiger partial charge on any atom is -0.463 e. The van der Waals surface area contributed by atoms with Crippen LogP contribution in [0.25, 0.3) is 5.69 Å². The van der Waals surface area contributed by atoms with Crippen molar-refractivity contribution in [2.24, 2.45) is 0 Å². The standard InChI is InChI=1S/C22H20ClN3O/c1-16-19(22(23)26(25-16)18-11-6-3-7-12-18)15-24-21(20-13-8-14-27-20)17-9-4-2-5-10-17/h2-14,21,24H,15H2,1H3/p+1/t21-/m0/s1. The first-order valence-corrected chi connectivity index (χ1v) is 9.33. The summed E-state index contributed by atoms with van der Waals surface area (Å²) in [6, 6.07) is 24.3. The van der Waals surface area contributed by atoms with Gasteiger partial charge in [0.2, 0.25) is 0 Å². The van der Waals surface area contributed by atoms with E-state index in [9.17, 15) is 0 Å². The Labute approximate surface area is 163 Å². The summed E-state index contributed by atoms with van der Waals surface area (Å²) >= 11 is 6.68. The third-order valence-electron chi connectivity index (χ3n) is 4.69. The second-order valence-electron chi connectivity index (χ2n) is 6.45. The fraction of sp³-hybridized carbons (Fsp3) is 0.136. The molecule has 0 aliphatic carbocycles. The fourth-order valence-electron chi connectivity index (χ4n) is 3.28. The third kappa shape index (κ3) is 3.68. The van der Waals surface area contributed by atoms with E-state index < -0.39 is 0 Å². The molecule has 4 rings (SSSR count). The first-order valence-electron chi connectivity index (χ1n) is 8.95. The highest BCUT2D eigenvalue weighted by Gasteiger charge is 2.23. The van der Waals surface area contributed by atoms with Crippen molar-refractivity contribution in [1.82, 2.24) is 9.78 Å². The Bertz CT molecular complexity index is 995. The quantitative estimate of drug-likeness (QED) is 0.544. The van der Waals surface area contributed by atoms with Crippen molar-refractivity contribution in [2.75, 3.05) is 0 Å². The highest BCUT2D eigenvalue weighted by Crippen LogP contribution is 2.24. The number of benzene rings is 2. The second-order valence-corrected chi connectivity index (χ2v) is 6.80. The molecule has 0 bridgehead atoms. The van der Waals surface area contributed by atoms with E-state index in [-0.39, 0.29) is 6.04 Å². The molecule has 2 aromatic heterocycles. The van der Waals surface area contributed by atoms with Gasteiger partial charge in [0.1, 0.15) is 11.7 Å². The first kappa shape index (κ1) is 17.6. The van der Waals surface area contributed by atoms with Crippen molar-refractivity contribution in [3.8, 4) is 5.69 Å². The number of rotatable bonds is 6. The number of nitrogens with two attached hydrogens (primary N) is 1. The van der Waals surface area contributed by atoms with E-state index in [0.29, 0.717) is 11.7 Å². The van der Waals surface area contributed by atoms with Gasteiger partial charge in [0.05, 0.1) is 23.2 Å². The summed E-state index contributed by atoms with van der Waals surface area (Å²) < 4.78 is 7.48. The fourth-order valence-corrected chi connectivity index (χ4v) is 3.63. The van der Waals surface area contributed by atoms with E-state index in [1.165, 1.54) is 5.56 Å². The highest BCUT2D eigenvalue weighted by molar-refractivity contribution is 6.30. The molecule has 0 saturated carbocycles. The summed E-state index contributed by atoms with van der Waals surface area (Å²) in [4.78, 5) is 0. The average molecular weight is 379 g/mol. The van der Waals surface area contributed by atoms with Crippen molar-refractivity contribution in [3.05, 3.63) is 107 Å². The van der Waals surface area contributed by atoms with Crippen LogP contribution in [0, 0.1) is 6.92 Å². The van der Waals surface area contributed by atoms with E-state index in [4.69, 9.17) is 16.0 Å². The Morgan fingerprint density at radius 1 is 1.00 bits per heavy atom. The van der Waals surface area contributed by atoms with Gasteiger partial charge < -0.3 is 9.73 Å². The van der Waals surface area contributed by atoms with Crippen LogP contribution < -0.4 is 5.32 Å². The number of hydrogen-bond donors (Lipinski definition) is 1. The Morgan fingerprint density at radius 2 is 1.70 bits per heavy atom. The summed E-state index contributed by atoms with van der Waals surface area (Å²) in [5, 5.41) is 7.52. The maximum atomic E-state index is 6.68. The molecule has 0 spiro atoms. The van der Waals surface area contributed by atoms with Crippen LogP contribution >= 0.6 is 11.6 Å². The Kier molecular flexibility index (Phi) is 5.10. The molecule has 0 amide bonds. The van der Waals surface area contributed by atoms with Gasteiger partial charge in [-0.3, -0.25) is 0 Å². The second kappa shape index (κ2) is 7.82. The number of furan rings is 1. The largest absolute Gasteiger partial charge is 0.463 e. The SMILES string of the molecule is Cc1nn(-c2ccccc2)c(Cl)c1C[NH2+][C@@H](c1ccccc1)c1ccco1. The molecule has 5 heteroatoms. The maximum Gasteiger partial charge on any atom is 0.170 e. The molecule has 4 nitrogen and oxygen atoms in total. The Balaban J connectivity index is 1.61. The number of quaternary nitrogens is 1. The lowest BCUT2D eigenvalue weighted by Gasteiger charge is -2.14.